The van der Waals surface area contributed by atoms with E-state index in [4.69, 9.17) is 9.15 Å². The van der Waals surface area contributed by atoms with Crippen molar-refractivity contribution >= 4 is 6.09 Å². The van der Waals surface area contributed by atoms with Gasteiger partial charge < -0.3 is 19.8 Å². The number of hydrogen-bond acceptors (Lipinski definition) is 5. The van der Waals surface area contributed by atoms with Crippen LogP contribution in [0.25, 0.3) is 0 Å². The van der Waals surface area contributed by atoms with Crippen molar-refractivity contribution in [3.05, 3.63) is 17.3 Å². The quantitative estimate of drug-likeness (QED) is 0.871. The number of carbonyl (C=O) groups is 1. The average Bonchev–Trinajstić information content (AvgIpc) is 2.99. The first-order chi connectivity index (χ1) is 10.7. The molecule has 1 aromatic rings. The van der Waals surface area contributed by atoms with Crippen molar-refractivity contribution in [3.8, 4) is 0 Å². The van der Waals surface area contributed by atoms with E-state index in [0.717, 1.165) is 30.2 Å². The number of carbonyl (C=O) groups excluding carboxylic acids is 1. The third-order valence-corrected chi connectivity index (χ3v) is 4.15. The van der Waals surface area contributed by atoms with Gasteiger partial charge in [-0.05, 0) is 53.4 Å². The van der Waals surface area contributed by atoms with Crippen molar-refractivity contribution in [2.75, 3.05) is 6.54 Å². The lowest BCUT2D eigenvalue weighted by atomic mass is 10.0. The predicted molar refractivity (Wildman–Crippen MR) is 88.2 cm³/mol. The van der Waals surface area contributed by atoms with Crippen LogP contribution in [-0.4, -0.2) is 29.3 Å². The summed E-state index contributed by atoms with van der Waals surface area (Å²) >= 11 is 0. The van der Waals surface area contributed by atoms with Gasteiger partial charge in [0, 0.05) is 12.6 Å². The van der Waals surface area contributed by atoms with Crippen LogP contribution in [-0.2, 0) is 11.3 Å². The van der Waals surface area contributed by atoms with E-state index in [1.54, 1.807) is 0 Å². The van der Waals surface area contributed by atoms with Crippen LogP contribution in [0.4, 0.5) is 4.79 Å². The summed E-state index contributed by atoms with van der Waals surface area (Å²) in [6.45, 7) is 10.7. The third-order valence-electron chi connectivity index (χ3n) is 4.15. The summed E-state index contributed by atoms with van der Waals surface area (Å²) in [6.07, 6.45) is 3.04. The van der Waals surface area contributed by atoms with Crippen molar-refractivity contribution in [2.24, 2.45) is 5.92 Å². The van der Waals surface area contributed by atoms with Crippen LogP contribution in [0.5, 0.6) is 0 Å². The van der Waals surface area contributed by atoms with Gasteiger partial charge in [-0.3, -0.25) is 0 Å². The molecule has 2 atom stereocenters. The minimum Gasteiger partial charge on any atom is -0.444 e. The first-order valence-corrected chi connectivity index (χ1v) is 8.38. The van der Waals surface area contributed by atoms with E-state index < -0.39 is 5.60 Å². The first-order valence-electron chi connectivity index (χ1n) is 8.38. The van der Waals surface area contributed by atoms with E-state index in [0.29, 0.717) is 25.0 Å². The molecule has 0 bridgehead atoms. The maximum Gasteiger partial charge on any atom is 0.407 e. The molecule has 1 heterocycles. The molecule has 6 heteroatoms. The maximum absolute atomic E-state index is 11.8. The Hall–Kier alpha value is -1.56. The van der Waals surface area contributed by atoms with Gasteiger partial charge >= 0.3 is 6.09 Å². The SMILES string of the molecule is Cc1nc(CNC2CCCC2CNC(=O)OC(C)(C)C)oc1C. The average molecular weight is 323 g/mol. The first kappa shape index (κ1) is 17.8. The molecule has 0 aromatic carbocycles. The Morgan fingerprint density at radius 1 is 1.35 bits per heavy atom. The Morgan fingerprint density at radius 3 is 2.70 bits per heavy atom. The zero-order chi connectivity index (χ0) is 17.0. The van der Waals surface area contributed by atoms with Gasteiger partial charge in [-0.25, -0.2) is 9.78 Å². The fourth-order valence-electron chi connectivity index (χ4n) is 2.91. The molecule has 0 spiro atoms. The van der Waals surface area contributed by atoms with Crippen LogP contribution in [0.3, 0.4) is 0 Å². The Kier molecular flexibility index (Phi) is 5.68. The highest BCUT2D eigenvalue weighted by molar-refractivity contribution is 5.67. The molecule has 1 aliphatic carbocycles. The van der Waals surface area contributed by atoms with E-state index >= 15 is 0 Å². The minimum atomic E-state index is -0.460. The summed E-state index contributed by atoms with van der Waals surface area (Å²) in [6, 6.07) is 0.373. The Balaban J connectivity index is 1.77. The summed E-state index contributed by atoms with van der Waals surface area (Å²) in [7, 11) is 0. The number of hydrogen-bond donors (Lipinski definition) is 2. The van der Waals surface area contributed by atoms with Crippen molar-refractivity contribution < 1.29 is 13.9 Å². The second kappa shape index (κ2) is 7.34. The monoisotopic (exact) mass is 323 g/mol. The van der Waals surface area contributed by atoms with E-state index in [-0.39, 0.29) is 6.09 Å². The number of nitrogens with one attached hydrogen (secondary N) is 2. The standard InChI is InChI=1S/C17H29N3O3/c1-11-12(2)22-15(20-11)10-18-14-8-6-7-13(14)9-19-16(21)23-17(3,4)5/h13-14,18H,6-10H2,1-5H3,(H,19,21). The van der Waals surface area contributed by atoms with Crippen LogP contribution in [0.1, 0.15) is 57.4 Å². The molecule has 1 aliphatic rings. The summed E-state index contributed by atoms with van der Waals surface area (Å²) in [5, 5.41) is 6.39. The van der Waals surface area contributed by atoms with Crippen LogP contribution in [0, 0.1) is 19.8 Å². The molecule has 1 amide bonds. The van der Waals surface area contributed by atoms with E-state index in [9.17, 15) is 4.79 Å². The topological polar surface area (TPSA) is 76.4 Å². The lowest BCUT2D eigenvalue weighted by molar-refractivity contribution is 0.0517. The molecular formula is C17H29N3O3. The van der Waals surface area contributed by atoms with Crippen LogP contribution in [0.15, 0.2) is 4.42 Å². The molecule has 23 heavy (non-hydrogen) atoms. The van der Waals surface area contributed by atoms with Gasteiger partial charge in [0.2, 0.25) is 5.89 Å². The smallest absolute Gasteiger partial charge is 0.407 e. The maximum atomic E-state index is 11.8. The molecule has 2 rings (SSSR count). The van der Waals surface area contributed by atoms with E-state index in [2.05, 4.69) is 15.6 Å². The Labute approximate surface area is 138 Å². The van der Waals surface area contributed by atoms with Gasteiger partial charge in [-0.2, -0.15) is 0 Å². The molecule has 2 N–H and O–H groups in total. The van der Waals surface area contributed by atoms with E-state index in [1.165, 1.54) is 6.42 Å². The normalized spacial score (nSPS) is 21.4. The van der Waals surface area contributed by atoms with Gasteiger partial charge in [-0.1, -0.05) is 6.42 Å². The number of alkyl carbamates (subject to hydrolysis) is 1. The molecular weight excluding hydrogens is 294 g/mol. The third kappa shape index (κ3) is 5.53. The summed E-state index contributed by atoms with van der Waals surface area (Å²) in [5.74, 6) is 2.02. The van der Waals surface area contributed by atoms with Crippen LogP contribution >= 0.6 is 0 Å². The van der Waals surface area contributed by atoms with Gasteiger partial charge in [0.15, 0.2) is 0 Å². The minimum absolute atomic E-state index is 0.345. The van der Waals surface area contributed by atoms with Crippen molar-refractivity contribution in [1.29, 1.82) is 0 Å². The molecule has 130 valence electrons. The number of aromatic nitrogens is 1. The highest BCUT2D eigenvalue weighted by atomic mass is 16.6. The zero-order valence-corrected chi connectivity index (χ0v) is 14.9. The van der Waals surface area contributed by atoms with Gasteiger partial charge in [0.05, 0.1) is 12.2 Å². The lowest BCUT2D eigenvalue weighted by Gasteiger charge is -2.23. The van der Waals surface area contributed by atoms with E-state index in [1.807, 2.05) is 34.6 Å². The van der Waals surface area contributed by atoms with Crippen LogP contribution in [0.2, 0.25) is 0 Å². The van der Waals surface area contributed by atoms with Crippen molar-refractivity contribution in [3.63, 3.8) is 0 Å². The largest absolute Gasteiger partial charge is 0.444 e. The molecule has 0 aliphatic heterocycles. The zero-order valence-electron chi connectivity index (χ0n) is 14.9. The molecule has 6 nitrogen and oxygen atoms in total. The Morgan fingerprint density at radius 2 is 2.09 bits per heavy atom. The molecule has 1 aromatic heterocycles. The number of nitrogens with zero attached hydrogens (tertiary/aromatic N) is 1. The molecule has 1 saturated carbocycles. The molecule has 0 saturated heterocycles. The summed E-state index contributed by atoms with van der Waals surface area (Å²) in [4.78, 5) is 16.2. The van der Waals surface area contributed by atoms with Crippen molar-refractivity contribution in [2.45, 2.75) is 72.1 Å². The van der Waals surface area contributed by atoms with Gasteiger partial charge in [0.25, 0.3) is 0 Å². The van der Waals surface area contributed by atoms with Gasteiger partial charge in [-0.15, -0.1) is 0 Å². The number of rotatable bonds is 5. The molecule has 0 radical (unpaired) electrons. The number of amides is 1. The molecule has 1 fully saturated rings. The molecule has 2 unspecified atom stereocenters. The second-order valence-electron chi connectivity index (χ2n) is 7.31. The van der Waals surface area contributed by atoms with Gasteiger partial charge in [0.1, 0.15) is 11.4 Å². The highest BCUT2D eigenvalue weighted by Crippen LogP contribution is 2.25. The summed E-state index contributed by atoms with van der Waals surface area (Å²) in [5.41, 5.74) is 0.481. The lowest BCUT2D eigenvalue weighted by Crippen LogP contribution is -2.40. The van der Waals surface area contributed by atoms with Crippen LogP contribution < -0.4 is 10.6 Å². The second-order valence-corrected chi connectivity index (χ2v) is 7.31. The van der Waals surface area contributed by atoms with Crippen molar-refractivity contribution in [1.82, 2.24) is 15.6 Å². The number of oxazole rings is 1. The highest BCUT2D eigenvalue weighted by Gasteiger charge is 2.28. The fraction of sp³-hybridized carbons (Fsp3) is 0.765. The fourth-order valence-corrected chi connectivity index (χ4v) is 2.91. The number of aryl methyl sites for hydroxylation is 2. The Bertz CT molecular complexity index is 514. The summed E-state index contributed by atoms with van der Waals surface area (Å²) < 4.78 is 10.9. The predicted octanol–water partition coefficient (Wildman–Crippen LogP) is 3.07. The number of ether oxygens (including phenoxy) is 1.